The standard InChI is InChI=1S/C32H34N4O3/c1-32(2,3)25-17-15-23(16-18-25)30-34-28(39-35-30)21-36-19-9-12-24(20-36)31(38)33-27-14-8-7-13-26(27)29(37)22-10-5-4-6-11-22/h4-8,10-11,13-18,24H,9,12,19-21H2,1-3H3,(H,33,38). The molecule has 2 heterocycles. The zero-order valence-electron chi connectivity index (χ0n) is 22.7. The van der Waals surface area contributed by atoms with Crippen LogP contribution in [0.5, 0.6) is 0 Å². The lowest BCUT2D eigenvalue weighted by Crippen LogP contribution is -2.40. The topological polar surface area (TPSA) is 88.3 Å². The van der Waals surface area contributed by atoms with Crippen molar-refractivity contribution in [1.29, 1.82) is 0 Å². The number of hydrogen-bond donors (Lipinski definition) is 1. The molecule has 4 aromatic rings. The lowest BCUT2D eigenvalue weighted by molar-refractivity contribution is -0.121. The molecule has 7 nitrogen and oxygen atoms in total. The van der Waals surface area contributed by atoms with Gasteiger partial charge in [-0.25, -0.2) is 0 Å². The molecule has 1 N–H and O–H groups in total. The van der Waals surface area contributed by atoms with E-state index in [0.717, 1.165) is 24.9 Å². The molecule has 0 spiro atoms. The monoisotopic (exact) mass is 522 g/mol. The van der Waals surface area contributed by atoms with E-state index in [1.54, 1.807) is 24.3 Å². The fourth-order valence-corrected chi connectivity index (χ4v) is 4.93. The van der Waals surface area contributed by atoms with E-state index >= 15 is 0 Å². The maximum absolute atomic E-state index is 13.3. The number of para-hydroxylation sites is 1. The Morgan fingerprint density at radius 3 is 2.44 bits per heavy atom. The van der Waals surface area contributed by atoms with Crippen molar-refractivity contribution in [3.05, 3.63) is 101 Å². The summed E-state index contributed by atoms with van der Waals surface area (Å²) in [5.74, 6) is 0.697. The SMILES string of the molecule is CC(C)(C)c1ccc(-c2noc(CN3CCCC(C(=O)Nc4ccccc4C(=O)c4ccccc4)C3)n2)cc1. The predicted molar refractivity (Wildman–Crippen MR) is 151 cm³/mol. The molecular formula is C32H34N4O3. The van der Waals surface area contributed by atoms with E-state index in [-0.39, 0.29) is 23.0 Å². The first-order valence-corrected chi connectivity index (χ1v) is 13.4. The lowest BCUT2D eigenvalue weighted by Gasteiger charge is -2.31. The number of likely N-dealkylation sites (tertiary alicyclic amines) is 1. The number of benzene rings is 3. The van der Waals surface area contributed by atoms with Crippen LogP contribution in [-0.2, 0) is 16.8 Å². The molecule has 1 aromatic heterocycles. The molecule has 1 fully saturated rings. The molecule has 200 valence electrons. The van der Waals surface area contributed by atoms with E-state index in [1.807, 2.05) is 42.5 Å². The number of hydrogen-bond acceptors (Lipinski definition) is 6. The number of aromatic nitrogens is 2. The number of carbonyl (C=O) groups excluding carboxylic acids is 2. The van der Waals surface area contributed by atoms with E-state index in [2.05, 4.69) is 53.3 Å². The molecule has 1 aliphatic rings. The number of nitrogens with one attached hydrogen (secondary N) is 1. The molecule has 3 aromatic carbocycles. The first-order valence-electron chi connectivity index (χ1n) is 13.4. The number of nitrogens with zero attached hydrogens (tertiary/aromatic N) is 3. The second kappa shape index (κ2) is 11.3. The van der Waals surface area contributed by atoms with Gasteiger partial charge in [-0.1, -0.05) is 92.7 Å². The maximum Gasteiger partial charge on any atom is 0.241 e. The summed E-state index contributed by atoms with van der Waals surface area (Å²) in [4.78, 5) is 33.1. The molecule has 0 radical (unpaired) electrons. The average molecular weight is 523 g/mol. The molecule has 0 aliphatic carbocycles. The van der Waals surface area contributed by atoms with E-state index < -0.39 is 0 Å². The number of anilines is 1. The van der Waals surface area contributed by atoms with Crippen molar-refractivity contribution >= 4 is 17.4 Å². The largest absolute Gasteiger partial charge is 0.338 e. The van der Waals surface area contributed by atoms with Crippen LogP contribution in [0.1, 0.15) is 61.0 Å². The average Bonchev–Trinajstić information content (AvgIpc) is 3.41. The van der Waals surface area contributed by atoms with Crippen LogP contribution in [0, 0.1) is 5.92 Å². The summed E-state index contributed by atoms with van der Waals surface area (Å²) in [5.41, 5.74) is 3.85. The van der Waals surface area contributed by atoms with Gasteiger partial charge in [0.1, 0.15) is 0 Å². The minimum Gasteiger partial charge on any atom is -0.338 e. The van der Waals surface area contributed by atoms with Gasteiger partial charge in [-0.05, 0) is 42.5 Å². The van der Waals surface area contributed by atoms with Crippen LogP contribution < -0.4 is 5.32 Å². The van der Waals surface area contributed by atoms with Gasteiger partial charge in [-0.3, -0.25) is 14.5 Å². The number of piperidine rings is 1. The Hall–Kier alpha value is -4.10. The Balaban J connectivity index is 1.22. The molecule has 5 rings (SSSR count). The van der Waals surface area contributed by atoms with Crippen LogP contribution >= 0.6 is 0 Å². The van der Waals surface area contributed by atoms with Crippen molar-refractivity contribution in [2.45, 2.75) is 45.6 Å². The highest BCUT2D eigenvalue weighted by Gasteiger charge is 2.28. The third-order valence-corrected chi connectivity index (χ3v) is 7.18. The summed E-state index contributed by atoms with van der Waals surface area (Å²) in [6, 6.07) is 24.5. The Labute approximate surface area is 229 Å². The van der Waals surface area contributed by atoms with Gasteiger partial charge in [0.2, 0.25) is 17.6 Å². The third kappa shape index (κ3) is 6.32. The van der Waals surface area contributed by atoms with Crippen molar-refractivity contribution < 1.29 is 14.1 Å². The first-order chi connectivity index (χ1) is 18.8. The summed E-state index contributed by atoms with van der Waals surface area (Å²) in [6.07, 6.45) is 1.67. The summed E-state index contributed by atoms with van der Waals surface area (Å²) >= 11 is 0. The van der Waals surface area contributed by atoms with Gasteiger partial charge in [0, 0.05) is 23.2 Å². The molecular weight excluding hydrogens is 488 g/mol. The van der Waals surface area contributed by atoms with Crippen LogP contribution in [-0.4, -0.2) is 39.8 Å². The van der Waals surface area contributed by atoms with Crippen LogP contribution in [0.25, 0.3) is 11.4 Å². The highest BCUT2D eigenvalue weighted by molar-refractivity contribution is 6.13. The van der Waals surface area contributed by atoms with Crippen molar-refractivity contribution in [3.8, 4) is 11.4 Å². The molecule has 1 saturated heterocycles. The molecule has 7 heteroatoms. The highest BCUT2D eigenvalue weighted by atomic mass is 16.5. The van der Waals surface area contributed by atoms with E-state index in [4.69, 9.17) is 4.52 Å². The Morgan fingerprint density at radius 2 is 1.69 bits per heavy atom. The molecule has 1 unspecified atom stereocenters. The second-order valence-electron chi connectivity index (χ2n) is 11.1. The van der Waals surface area contributed by atoms with Crippen molar-refractivity contribution in [2.24, 2.45) is 5.92 Å². The molecule has 0 saturated carbocycles. The van der Waals surface area contributed by atoms with Crippen molar-refractivity contribution in [1.82, 2.24) is 15.0 Å². The fraction of sp³-hybridized carbons (Fsp3) is 0.312. The molecule has 0 bridgehead atoms. The Morgan fingerprint density at radius 1 is 0.974 bits per heavy atom. The number of rotatable bonds is 7. The van der Waals surface area contributed by atoms with Crippen LogP contribution in [0.15, 0.2) is 83.4 Å². The van der Waals surface area contributed by atoms with Crippen LogP contribution in [0.3, 0.4) is 0 Å². The Bertz CT molecular complexity index is 1440. The van der Waals surface area contributed by atoms with Gasteiger partial charge in [0.15, 0.2) is 5.78 Å². The Kier molecular flexibility index (Phi) is 7.70. The number of amides is 1. The van der Waals surface area contributed by atoms with E-state index in [0.29, 0.717) is 41.6 Å². The van der Waals surface area contributed by atoms with E-state index in [9.17, 15) is 9.59 Å². The van der Waals surface area contributed by atoms with Gasteiger partial charge in [0.05, 0.1) is 18.2 Å². The maximum atomic E-state index is 13.3. The highest BCUT2D eigenvalue weighted by Crippen LogP contribution is 2.26. The van der Waals surface area contributed by atoms with Gasteiger partial charge < -0.3 is 9.84 Å². The predicted octanol–water partition coefficient (Wildman–Crippen LogP) is 6.12. The molecule has 39 heavy (non-hydrogen) atoms. The molecule has 1 atom stereocenters. The minimum atomic E-state index is -0.203. The number of ketones is 1. The normalized spacial score (nSPS) is 16.1. The van der Waals surface area contributed by atoms with Gasteiger partial charge in [-0.2, -0.15) is 4.98 Å². The van der Waals surface area contributed by atoms with Crippen LogP contribution in [0.4, 0.5) is 5.69 Å². The fourth-order valence-electron chi connectivity index (χ4n) is 4.93. The lowest BCUT2D eigenvalue weighted by atomic mass is 9.87. The minimum absolute atomic E-state index is 0.0809. The zero-order chi connectivity index (χ0) is 27.4. The van der Waals surface area contributed by atoms with Gasteiger partial charge in [0.25, 0.3) is 0 Å². The van der Waals surface area contributed by atoms with Crippen molar-refractivity contribution in [2.75, 3.05) is 18.4 Å². The summed E-state index contributed by atoms with van der Waals surface area (Å²) in [7, 11) is 0. The smallest absolute Gasteiger partial charge is 0.241 e. The molecule has 1 amide bonds. The van der Waals surface area contributed by atoms with Crippen LogP contribution in [0.2, 0.25) is 0 Å². The second-order valence-corrected chi connectivity index (χ2v) is 11.1. The summed E-state index contributed by atoms with van der Waals surface area (Å²) in [5, 5.41) is 7.20. The van der Waals surface area contributed by atoms with Gasteiger partial charge in [-0.15, -0.1) is 0 Å². The summed E-state index contributed by atoms with van der Waals surface area (Å²) < 4.78 is 5.55. The first kappa shape index (κ1) is 26.5. The van der Waals surface area contributed by atoms with Gasteiger partial charge >= 0.3 is 0 Å². The van der Waals surface area contributed by atoms with E-state index in [1.165, 1.54) is 5.56 Å². The zero-order valence-corrected chi connectivity index (χ0v) is 22.7. The summed E-state index contributed by atoms with van der Waals surface area (Å²) in [6.45, 7) is 8.47. The number of carbonyl (C=O) groups is 2. The molecule has 1 aliphatic heterocycles. The third-order valence-electron chi connectivity index (χ3n) is 7.18. The quantitative estimate of drug-likeness (QED) is 0.294. The van der Waals surface area contributed by atoms with Crippen molar-refractivity contribution in [3.63, 3.8) is 0 Å².